The monoisotopic (exact) mass is 404 g/mol. The quantitative estimate of drug-likeness (QED) is 0.657. The van der Waals surface area contributed by atoms with Gasteiger partial charge in [0, 0.05) is 12.6 Å². The summed E-state index contributed by atoms with van der Waals surface area (Å²) < 4.78 is 31.8. The molecule has 8 heteroatoms. The van der Waals surface area contributed by atoms with E-state index in [9.17, 15) is 18.0 Å². The number of rotatable bonds is 8. The van der Waals surface area contributed by atoms with Gasteiger partial charge in [-0.1, -0.05) is 30.3 Å². The van der Waals surface area contributed by atoms with E-state index in [0.717, 1.165) is 11.1 Å². The number of hydrogen-bond donors (Lipinski definition) is 2. The normalized spacial score (nSPS) is 11.3. The van der Waals surface area contributed by atoms with Gasteiger partial charge >= 0.3 is 5.97 Å². The van der Waals surface area contributed by atoms with E-state index in [1.54, 1.807) is 13.8 Å². The second-order valence-corrected chi connectivity index (χ2v) is 8.30. The van der Waals surface area contributed by atoms with Gasteiger partial charge in [0.05, 0.1) is 10.5 Å². The fraction of sp³-hybridized carbons (Fsp3) is 0.300. The number of nitrogens with one attached hydrogen (secondary N) is 2. The Kier molecular flexibility index (Phi) is 7.31. The Morgan fingerprint density at radius 3 is 2.46 bits per heavy atom. The fourth-order valence-corrected chi connectivity index (χ4v) is 3.73. The van der Waals surface area contributed by atoms with E-state index in [-0.39, 0.29) is 16.5 Å². The molecule has 0 atom stereocenters. The molecule has 150 valence electrons. The fourth-order valence-electron chi connectivity index (χ4n) is 2.44. The van der Waals surface area contributed by atoms with E-state index < -0.39 is 28.5 Å². The van der Waals surface area contributed by atoms with Crippen LogP contribution in [0.3, 0.4) is 0 Å². The average molecular weight is 404 g/mol. The van der Waals surface area contributed by atoms with Gasteiger partial charge in [0.15, 0.2) is 6.61 Å². The van der Waals surface area contributed by atoms with Crippen LogP contribution in [0.1, 0.15) is 35.3 Å². The third kappa shape index (κ3) is 6.17. The van der Waals surface area contributed by atoms with E-state index in [0.29, 0.717) is 6.54 Å². The van der Waals surface area contributed by atoms with Crippen molar-refractivity contribution in [2.45, 2.75) is 38.3 Å². The molecule has 2 aromatic carbocycles. The molecule has 28 heavy (non-hydrogen) atoms. The number of amides is 1. The van der Waals surface area contributed by atoms with Crippen LogP contribution in [0.25, 0.3) is 0 Å². The van der Waals surface area contributed by atoms with Crippen LogP contribution in [0.4, 0.5) is 0 Å². The van der Waals surface area contributed by atoms with Crippen molar-refractivity contribution in [3.8, 4) is 0 Å². The van der Waals surface area contributed by atoms with Gasteiger partial charge in [-0.05, 0) is 50.1 Å². The summed E-state index contributed by atoms with van der Waals surface area (Å²) in [5.74, 6) is -1.21. The summed E-state index contributed by atoms with van der Waals surface area (Å²) in [6.07, 6.45) is 0. The van der Waals surface area contributed by atoms with E-state index in [4.69, 9.17) is 4.74 Å². The van der Waals surface area contributed by atoms with Crippen LogP contribution < -0.4 is 10.0 Å². The smallest absolute Gasteiger partial charge is 0.338 e. The Bertz CT molecular complexity index is 955. The summed E-state index contributed by atoms with van der Waals surface area (Å²) >= 11 is 0. The van der Waals surface area contributed by atoms with Gasteiger partial charge in [-0.25, -0.2) is 17.9 Å². The first kappa shape index (κ1) is 21.6. The van der Waals surface area contributed by atoms with Crippen LogP contribution in [-0.2, 0) is 26.1 Å². The number of ether oxygens (including phenoxy) is 1. The topological polar surface area (TPSA) is 102 Å². The Hall–Kier alpha value is -2.71. The number of sulfonamides is 1. The lowest BCUT2D eigenvalue weighted by molar-refractivity contribution is -0.124. The molecule has 0 aliphatic rings. The molecule has 0 fully saturated rings. The summed E-state index contributed by atoms with van der Waals surface area (Å²) in [6.45, 7) is 5.22. The SMILES string of the molecule is Cc1ccccc1CNC(=O)COC(=O)c1cccc(S(=O)(=O)NC(C)C)c1. The van der Waals surface area contributed by atoms with Gasteiger partial charge in [0.2, 0.25) is 10.0 Å². The van der Waals surface area contributed by atoms with Crippen LogP contribution >= 0.6 is 0 Å². The van der Waals surface area contributed by atoms with Crippen molar-refractivity contribution in [1.82, 2.24) is 10.0 Å². The lowest BCUT2D eigenvalue weighted by atomic mass is 10.1. The molecule has 0 aliphatic heterocycles. The highest BCUT2D eigenvalue weighted by Gasteiger charge is 2.18. The number of carbonyl (C=O) groups excluding carboxylic acids is 2. The Labute approximate surface area is 165 Å². The van der Waals surface area contributed by atoms with Crippen LogP contribution in [-0.4, -0.2) is 32.9 Å². The summed E-state index contributed by atoms with van der Waals surface area (Å²) in [5, 5.41) is 2.68. The first-order valence-electron chi connectivity index (χ1n) is 8.80. The number of benzene rings is 2. The van der Waals surface area contributed by atoms with Gasteiger partial charge in [0.25, 0.3) is 5.91 Å². The lowest BCUT2D eigenvalue weighted by Crippen LogP contribution is -2.30. The molecule has 2 aromatic rings. The minimum atomic E-state index is -3.73. The molecule has 0 aromatic heterocycles. The van der Waals surface area contributed by atoms with Gasteiger partial charge in [-0.3, -0.25) is 4.79 Å². The molecule has 7 nitrogen and oxygen atoms in total. The molecular weight excluding hydrogens is 380 g/mol. The maximum Gasteiger partial charge on any atom is 0.338 e. The number of carbonyl (C=O) groups is 2. The minimum absolute atomic E-state index is 0.0420. The third-order valence-electron chi connectivity index (χ3n) is 3.84. The molecule has 0 saturated carbocycles. The molecule has 0 unspecified atom stereocenters. The predicted molar refractivity (Wildman–Crippen MR) is 105 cm³/mol. The zero-order chi connectivity index (χ0) is 20.7. The zero-order valence-electron chi connectivity index (χ0n) is 16.1. The van der Waals surface area contributed by atoms with Crippen molar-refractivity contribution in [2.24, 2.45) is 0 Å². The molecular formula is C20H24N2O5S. The van der Waals surface area contributed by atoms with Crippen LogP contribution in [0.15, 0.2) is 53.4 Å². The first-order chi connectivity index (χ1) is 13.2. The standard InChI is InChI=1S/C20H24N2O5S/c1-14(2)22-28(25,26)18-10-6-9-16(11-18)20(24)27-13-19(23)21-12-17-8-5-4-7-15(17)3/h4-11,14,22H,12-13H2,1-3H3,(H,21,23). The molecule has 0 bridgehead atoms. The van der Waals surface area contributed by atoms with E-state index in [1.807, 2.05) is 31.2 Å². The van der Waals surface area contributed by atoms with Crippen molar-refractivity contribution in [3.63, 3.8) is 0 Å². The number of hydrogen-bond acceptors (Lipinski definition) is 5. The predicted octanol–water partition coefficient (Wildman–Crippen LogP) is 2.15. The lowest BCUT2D eigenvalue weighted by Gasteiger charge is -2.11. The van der Waals surface area contributed by atoms with E-state index in [2.05, 4.69) is 10.0 Å². The molecule has 0 radical (unpaired) electrons. The second kappa shape index (κ2) is 9.48. The summed E-state index contributed by atoms with van der Waals surface area (Å²) in [4.78, 5) is 24.0. The Morgan fingerprint density at radius 2 is 1.79 bits per heavy atom. The number of esters is 1. The molecule has 0 spiro atoms. The van der Waals surface area contributed by atoms with Crippen LogP contribution in [0, 0.1) is 6.92 Å². The largest absolute Gasteiger partial charge is 0.452 e. The maximum atomic E-state index is 12.2. The van der Waals surface area contributed by atoms with Crippen molar-refractivity contribution < 1.29 is 22.7 Å². The molecule has 0 saturated heterocycles. The number of aryl methyl sites for hydroxylation is 1. The van der Waals surface area contributed by atoms with Crippen LogP contribution in [0.5, 0.6) is 0 Å². The molecule has 2 rings (SSSR count). The highest BCUT2D eigenvalue weighted by atomic mass is 32.2. The van der Waals surface area contributed by atoms with Crippen molar-refractivity contribution in [2.75, 3.05) is 6.61 Å². The summed E-state index contributed by atoms with van der Waals surface area (Å²) in [6, 6.07) is 12.8. The molecule has 1 amide bonds. The van der Waals surface area contributed by atoms with Gasteiger partial charge in [-0.2, -0.15) is 0 Å². The first-order valence-corrected chi connectivity index (χ1v) is 10.3. The minimum Gasteiger partial charge on any atom is -0.452 e. The van der Waals surface area contributed by atoms with Gasteiger partial charge in [0.1, 0.15) is 0 Å². The van der Waals surface area contributed by atoms with Crippen LogP contribution in [0.2, 0.25) is 0 Å². The zero-order valence-corrected chi connectivity index (χ0v) is 16.9. The Balaban J connectivity index is 1.93. The van der Waals surface area contributed by atoms with Gasteiger partial charge in [-0.15, -0.1) is 0 Å². The van der Waals surface area contributed by atoms with E-state index in [1.165, 1.54) is 24.3 Å². The highest BCUT2D eigenvalue weighted by Crippen LogP contribution is 2.13. The van der Waals surface area contributed by atoms with Crippen molar-refractivity contribution in [1.29, 1.82) is 0 Å². The maximum absolute atomic E-state index is 12.2. The van der Waals surface area contributed by atoms with Crippen molar-refractivity contribution >= 4 is 21.9 Å². The van der Waals surface area contributed by atoms with E-state index >= 15 is 0 Å². The molecule has 0 aliphatic carbocycles. The molecule has 0 heterocycles. The highest BCUT2D eigenvalue weighted by molar-refractivity contribution is 7.89. The summed E-state index contributed by atoms with van der Waals surface area (Å²) in [7, 11) is -3.73. The second-order valence-electron chi connectivity index (χ2n) is 6.58. The van der Waals surface area contributed by atoms with Crippen molar-refractivity contribution in [3.05, 3.63) is 65.2 Å². The third-order valence-corrected chi connectivity index (χ3v) is 5.50. The Morgan fingerprint density at radius 1 is 1.07 bits per heavy atom. The summed E-state index contributed by atoms with van der Waals surface area (Å²) in [5.41, 5.74) is 2.07. The average Bonchev–Trinajstić information content (AvgIpc) is 2.64. The molecule has 2 N–H and O–H groups in total. The van der Waals surface area contributed by atoms with Gasteiger partial charge < -0.3 is 10.1 Å².